The van der Waals surface area contributed by atoms with Crippen LogP contribution in [0.1, 0.15) is 31.0 Å². The van der Waals surface area contributed by atoms with Crippen molar-refractivity contribution in [1.29, 1.82) is 0 Å². The van der Waals surface area contributed by atoms with Crippen LogP contribution in [0.15, 0.2) is 85.1 Å². The van der Waals surface area contributed by atoms with Crippen molar-refractivity contribution in [1.82, 2.24) is 14.7 Å². The maximum atomic E-state index is 12.6. The third kappa shape index (κ3) is 4.77. The minimum Gasteiger partial charge on any atom is -0.354 e. The van der Waals surface area contributed by atoms with Gasteiger partial charge in [-0.15, -0.1) is 0 Å². The van der Waals surface area contributed by atoms with Crippen LogP contribution in [-0.4, -0.2) is 21.3 Å². The monoisotopic (exact) mass is 397 g/mol. The Hall–Kier alpha value is -3.40. The lowest BCUT2D eigenvalue weighted by atomic mass is 10.1. The first kappa shape index (κ1) is 19.9. The minimum atomic E-state index is 0.0838. The number of aryl methyl sites for hydroxylation is 2. The molecule has 1 N–H and O–H groups in total. The van der Waals surface area contributed by atoms with Crippen LogP contribution in [0.4, 0.5) is 0 Å². The highest BCUT2D eigenvalue weighted by molar-refractivity contribution is 5.77. The molecule has 1 unspecified atom stereocenters. The van der Waals surface area contributed by atoms with Gasteiger partial charge in [0.05, 0.1) is 11.4 Å². The van der Waals surface area contributed by atoms with Gasteiger partial charge in [-0.3, -0.25) is 4.79 Å². The molecule has 0 aliphatic heterocycles. The van der Waals surface area contributed by atoms with Gasteiger partial charge in [0.25, 0.3) is 0 Å². The summed E-state index contributed by atoms with van der Waals surface area (Å²) in [4.78, 5) is 17.4. The van der Waals surface area contributed by atoms with Gasteiger partial charge in [0.2, 0.25) is 5.91 Å². The summed E-state index contributed by atoms with van der Waals surface area (Å²) in [5.41, 5.74) is 5.31. The zero-order valence-electron chi connectivity index (χ0n) is 17.3. The van der Waals surface area contributed by atoms with E-state index >= 15 is 0 Å². The molecule has 4 heteroatoms. The third-order valence-corrected chi connectivity index (χ3v) is 5.38. The van der Waals surface area contributed by atoms with Gasteiger partial charge in [-0.2, -0.15) is 0 Å². The number of nitrogens with one attached hydrogen (secondary N) is 1. The first-order valence-corrected chi connectivity index (χ1v) is 10.6. The second-order valence-electron chi connectivity index (χ2n) is 7.69. The Labute approximate surface area is 177 Å². The molecule has 152 valence electrons. The average molecular weight is 398 g/mol. The third-order valence-electron chi connectivity index (χ3n) is 5.38. The summed E-state index contributed by atoms with van der Waals surface area (Å²) >= 11 is 0. The molecule has 0 saturated carbocycles. The fourth-order valence-electron chi connectivity index (χ4n) is 3.79. The molecule has 2 heterocycles. The van der Waals surface area contributed by atoms with Gasteiger partial charge in [-0.25, -0.2) is 4.98 Å². The number of aromatic nitrogens is 2. The summed E-state index contributed by atoms with van der Waals surface area (Å²) < 4.78 is 2.09. The topological polar surface area (TPSA) is 46.4 Å². The lowest BCUT2D eigenvalue weighted by Gasteiger charge is -2.14. The molecule has 0 bridgehead atoms. The van der Waals surface area contributed by atoms with E-state index in [4.69, 9.17) is 4.98 Å². The van der Waals surface area contributed by atoms with Gasteiger partial charge < -0.3 is 9.72 Å². The predicted molar refractivity (Wildman–Crippen MR) is 121 cm³/mol. The Bertz CT molecular complexity index is 1100. The van der Waals surface area contributed by atoms with Crippen LogP contribution in [0.2, 0.25) is 0 Å². The largest absolute Gasteiger partial charge is 0.354 e. The zero-order valence-corrected chi connectivity index (χ0v) is 17.3. The number of hydrogen-bond donors (Lipinski definition) is 1. The Morgan fingerprint density at radius 3 is 2.40 bits per heavy atom. The van der Waals surface area contributed by atoms with Crippen molar-refractivity contribution < 1.29 is 4.79 Å². The molecule has 0 saturated heterocycles. The molecule has 2 aromatic heterocycles. The van der Waals surface area contributed by atoms with E-state index in [-0.39, 0.29) is 11.9 Å². The normalized spacial score (nSPS) is 12.0. The Kier molecular flexibility index (Phi) is 6.23. The Morgan fingerprint density at radius 2 is 1.63 bits per heavy atom. The van der Waals surface area contributed by atoms with Crippen molar-refractivity contribution in [2.45, 2.75) is 38.6 Å². The number of nitrogens with zero attached hydrogens (tertiary/aromatic N) is 2. The number of carbonyl (C=O) groups is 1. The van der Waals surface area contributed by atoms with Gasteiger partial charge in [-0.1, -0.05) is 66.7 Å². The maximum Gasteiger partial charge on any atom is 0.220 e. The molecule has 0 spiro atoms. The summed E-state index contributed by atoms with van der Waals surface area (Å²) in [5.74, 6) is 0.0838. The fraction of sp³-hybridized carbons (Fsp3) is 0.231. The van der Waals surface area contributed by atoms with Crippen molar-refractivity contribution in [2.75, 3.05) is 0 Å². The number of amides is 1. The van der Waals surface area contributed by atoms with Crippen molar-refractivity contribution in [3.8, 4) is 11.3 Å². The number of imidazole rings is 1. The van der Waals surface area contributed by atoms with E-state index in [0.29, 0.717) is 12.8 Å². The van der Waals surface area contributed by atoms with Crippen LogP contribution in [0, 0.1) is 0 Å². The molecule has 30 heavy (non-hydrogen) atoms. The Balaban J connectivity index is 1.41. The van der Waals surface area contributed by atoms with Crippen LogP contribution < -0.4 is 5.32 Å². The molecule has 1 atom stereocenters. The molecular weight excluding hydrogens is 370 g/mol. The highest BCUT2D eigenvalue weighted by atomic mass is 16.1. The van der Waals surface area contributed by atoms with E-state index in [1.165, 1.54) is 5.56 Å². The second-order valence-corrected chi connectivity index (χ2v) is 7.69. The first-order chi connectivity index (χ1) is 14.7. The van der Waals surface area contributed by atoms with Crippen molar-refractivity contribution in [3.05, 3.63) is 96.3 Å². The number of benzene rings is 2. The van der Waals surface area contributed by atoms with Gasteiger partial charge >= 0.3 is 0 Å². The van der Waals surface area contributed by atoms with Gasteiger partial charge in [0.1, 0.15) is 5.65 Å². The molecule has 0 aliphatic carbocycles. The highest BCUT2D eigenvalue weighted by Crippen LogP contribution is 2.25. The fourth-order valence-corrected chi connectivity index (χ4v) is 3.79. The number of pyridine rings is 1. The van der Waals surface area contributed by atoms with Crippen molar-refractivity contribution in [3.63, 3.8) is 0 Å². The van der Waals surface area contributed by atoms with E-state index in [1.807, 2.05) is 48.7 Å². The van der Waals surface area contributed by atoms with Gasteiger partial charge in [0, 0.05) is 24.2 Å². The van der Waals surface area contributed by atoms with E-state index in [9.17, 15) is 4.79 Å². The minimum absolute atomic E-state index is 0.0838. The van der Waals surface area contributed by atoms with Crippen LogP contribution in [0.25, 0.3) is 16.9 Å². The summed E-state index contributed by atoms with van der Waals surface area (Å²) in [6, 6.07) is 26.7. The number of fused-ring (bicyclic) bond motifs is 1. The van der Waals surface area contributed by atoms with Gasteiger partial charge in [0.15, 0.2) is 0 Å². The zero-order chi connectivity index (χ0) is 20.8. The molecule has 0 fully saturated rings. The van der Waals surface area contributed by atoms with Crippen LogP contribution in [0.5, 0.6) is 0 Å². The van der Waals surface area contributed by atoms with E-state index in [0.717, 1.165) is 35.4 Å². The molecule has 4 aromatic rings. The molecule has 4 nitrogen and oxygen atoms in total. The standard InChI is InChI=1S/C26H27N3O/c1-20(15-16-21-10-4-2-5-11-21)27-25(30)18-17-23-26(22-12-6-3-7-13-22)28-24-14-8-9-19-29(23)24/h2-14,19-20H,15-18H2,1H3,(H,27,30). The summed E-state index contributed by atoms with van der Waals surface area (Å²) in [6.45, 7) is 2.07. The second kappa shape index (κ2) is 9.40. The van der Waals surface area contributed by atoms with Crippen molar-refractivity contribution >= 4 is 11.6 Å². The van der Waals surface area contributed by atoms with Crippen LogP contribution >= 0.6 is 0 Å². The summed E-state index contributed by atoms with van der Waals surface area (Å²) in [7, 11) is 0. The number of carbonyl (C=O) groups excluding carboxylic acids is 1. The summed E-state index contributed by atoms with van der Waals surface area (Å²) in [6.07, 6.45) is 5.00. The van der Waals surface area contributed by atoms with Gasteiger partial charge in [-0.05, 0) is 43.9 Å². The molecule has 0 radical (unpaired) electrons. The van der Waals surface area contributed by atoms with Crippen LogP contribution in [-0.2, 0) is 17.6 Å². The molecule has 2 aromatic carbocycles. The molecule has 4 rings (SSSR count). The number of rotatable bonds is 8. The van der Waals surface area contributed by atoms with E-state index in [2.05, 4.69) is 53.0 Å². The quantitative estimate of drug-likeness (QED) is 0.451. The lowest BCUT2D eigenvalue weighted by Crippen LogP contribution is -2.33. The smallest absolute Gasteiger partial charge is 0.220 e. The first-order valence-electron chi connectivity index (χ1n) is 10.6. The molecular formula is C26H27N3O. The lowest BCUT2D eigenvalue weighted by molar-refractivity contribution is -0.121. The molecule has 0 aliphatic rings. The maximum absolute atomic E-state index is 12.6. The predicted octanol–water partition coefficient (Wildman–Crippen LogP) is 5.07. The van der Waals surface area contributed by atoms with Crippen LogP contribution in [0.3, 0.4) is 0 Å². The highest BCUT2D eigenvalue weighted by Gasteiger charge is 2.15. The SMILES string of the molecule is CC(CCc1ccccc1)NC(=O)CCc1c(-c2ccccc2)nc2ccccn12. The summed E-state index contributed by atoms with van der Waals surface area (Å²) in [5, 5.41) is 3.15. The van der Waals surface area contributed by atoms with E-state index < -0.39 is 0 Å². The molecule has 1 amide bonds. The Morgan fingerprint density at radius 1 is 0.933 bits per heavy atom. The average Bonchev–Trinajstić information content (AvgIpc) is 3.16. The van der Waals surface area contributed by atoms with Crippen molar-refractivity contribution in [2.24, 2.45) is 0 Å². The number of hydrogen-bond acceptors (Lipinski definition) is 2. The van der Waals surface area contributed by atoms with E-state index in [1.54, 1.807) is 0 Å².